The van der Waals surface area contributed by atoms with Crippen LogP contribution < -0.4 is 5.32 Å². The zero-order valence-corrected chi connectivity index (χ0v) is 16.0. The Kier molecular flexibility index (Phi) is 5.88. The van der Waals surface area contributed by atoms with Crippen LogP contribution in [0.5, 0.6) is 0 Å². The van der Waals surface area contributed by atoms with E-state index < -0.39 is 15.9 Å². The van der Waals surface area contributed by atoms with Gasteiger partial charge in [-0.3, -0.25) is 4.79 Å². The highest BCUT2D eigenvalue weighted by molar-refractivity contribution is 7.89. The van der Waals surface area contributed by atoms with Gasteiger partial charge in [0.2, 0.25) is 15.9 Å². The van der Waals surface area contributed by atoms with E-state index in [2.05, 4.69) is 15.5 Å². The maximum atomic E-state index is 12.6. The molecule has 1 atom stereocenters. The van der Waals surface area contributed by atoms with E-state index >= 15 is 0 Å². The topological polar surface area (TPSA) is 115 Å². The van der Waals surface area contributed by atoms with Crippen LogP contribution in [0.4, 0.5) is 0 Å². The molecule has 9 nitrogen and oxygen atoms in total. The number of benzene rings is 1. The molecule has 10 heteroatoms. The summed E-state index contributed by atoms with van der Waals surface area (Å²) in [7, 11) is -3.56. The highest BCUT2D eigenvalue weighted by atomic mass is 32.2. The first kappa shape index (κ1) is 19.5. The maximum Gasteiger partial charge on any atom is 0.309 e. The lowest BCUT2D eigenvalue weighted by Crippen LogP contribution is -2.40. The first-order valence-electron chi connectivity index (χ1n) is 8.74. The van der Waals surface area contributed by atoms with Gasteiger partial charge in [-0.1, -0.05) is 6.92 Å². The Morgan fingerprint density at radius 2 is 1.89 bits per heavy atom. The number of rotatable bonds is 6. The molecular weight excluding hydrogens is 372 g/mol. The largest absolute Gasteiger partial charge is 0.412 e. The summed E-state index contributed by atoms with van der Waals surface area (Å²) in [6, 6.07) is 6.14. The van der Waals surface area contributed by atoms with Crippen LogP contribution in [0.25, 0.3) is 11.5 Å². The van der Waals surface area contributed by atoms with Crippen molar-refractivity contribution in [3.05, 3.63) is 30.2 Å². The fraction of sp³-hybridized carbons (Fsp3) is 0.471. The van der Waals surface area contributed by atoms with Crippen molar-refractivity contribution in [1.29, 1.82) is 0 Å². The van der Waals surface area contributed by atoms with E-state index in [9.17, 15) is 13.2 Å². The number of carbonyl (C=O) groups excluding carboxylic acids is 1. The number of amides is 1. The number of hydrogen-bond acceptors (Lipinski definition) is 7. The number of nitrogens with zero attached hydrogens (tertiary/aromatic N) is 3. The maximum absolute atomic E-state index is 12.6. The molecule has 0 spiro atoms. The molecule has 1 fully saturated rings. The third kappa shape index (κ3) is 4.34. The SMILES string of the molecule is CC[C@@H](C)NC(=O)c1nnc(-c2ccc(S(=O)(=O)N3CCOCC3)cc2)o1. The van der Waals surface area contributed by atoms with Crippen LogP contribution in [0, 0.1) is 0 Å². The fourth-order valence-corrected chi connectivity index (χ4v) is 3.93. The predicted octanol–water partition coefficient (Wildman–Crippen LogP) is 1.29. The third-order valence-electron chi connectivity index (χ3n) is 4.32. The molecule has 1 aromatic heterocycles. The van der Waals surface area contributed by atoms with Gasteiger partial charge >= 0.3 is 11.8 Å². The molecule has 0 aliphatic carbocycles. The van der Waals surface area contributed by atoms with Gasteiger partial charge in [-0.2, -0.15) is 4.31 Å². The van der Waals surface area contributed by atoms with Crippen LogP contribution in [-0.2, 0) is 14.8 Å². The molecule has 0 unspecified atom stereocenters. The molecule has 2 aromatic rings. The van der Waals surface area contributed by atoms with E-state index in [1.165, 1.54) is 16.4 Å². The molecule has 146 valence electrons. The minimum atomic E-state index is -3.56. The van der Waals surface area contributed by atoms with E-state index in [0.29, 0.717) is 31.9 Å². The quantitative estimate of drug-likeness (QED) is 0.785. The second-order valence-corrected chi connectivity index (χ2v) is 8.17. The average Bonchev–Trinajstić information content (AvgIpc) is 3.19. The van der Waals surface area contributed by atoms with E-state index in [1.54, 1.807) is 12.1 Å². The van der Waals surface area contributed by atoms with Crippen LogP contribution in [-0.4, -0.2) is 61.2 Å². The Morgan fingerprint density at radius 3 is 2.52 bits per heavy atom. The van der Waals surface area contributed by atoms with E-state index in [4.69, 9.17) is 9.15 Å². The van der Waals surface area contributed by atoms with Gasteiger partial charge in [0.05, 0.1) is 18.1 Å². The second-order valence-electron chi connectivity index (χ2n) is 6.24. The van der Waals surface area contributed by atoms with Crippen molar-refractivity contribution < 1.29 is 22.4 Å². The summed E-state index contributed by atoms with van der Waals surface area (Å²) in [6.45, 7) is 5.28. The predicted molar refractivity (Wildman–Crippen MR) is 96.5 cm³/mol. The van der Waals surface area contributed by atoms with Crippen molar-refractivity contribution in [1.82, 2.24) is 19.8 Å². The number of aromatic nitrogens is 2. The minimum Gasteiger partial charge on any atom is -0.412 e. The standard InChI is InChI=1S/C17H22N4O5S/c1-3-12(2)18-15(22)17-20-19-16(26-17)13-4-6-14(7-5-13)27(23,24)21-8-10-25-11-9-21/h4-7,12H,3,8-11H2,1-2H3,(H,18,22)/t12-/m1/s1. The van der Waals surface area contributed by atoms with Gasteiger partial charge in [-0.15, -0.1) is 10.2 Å². The summed E-state index contributed by atoms with van der Waals surface area (Å²) in [5.74, 6) is -0.412. The summed E-state index contributed by atoms with van der Waals surface area (Å²) < 4.78 is 37.3. The van der Waals surface area contributed by atoms with Gasteiger partial charge in [0, 0.05) is 24.7 Å². The Bertz CT molecular complexity index is 888. The number of carbonyl (C=O) groups is 1. The van der Waals surface area contributed by atoms with Crippen molar-refractivity contribution in [3.63, 3.8) is 0 Å². The van der Waals surface area contributed by atoms with E-state index in [1.807, 2.05) is 13.8 Å². The zero-order valence-electron chi connectivity index (χ0n) is 15.2. The van der Waals surface area contributed by atoms with Gasteiger partial charge in [-0.05, 0) is 37.6 Å². The van der Waals surface area contributed by atoms with Crippen molar-refractivity contribution >= 4 is 15.9 Å². The van der Waals surface area contributed by atoms with Crippen molar-refractivity contribution in [3.8, 4) is 11.5 Å². The molecule has 3 rings (SSSR count). The number of ether oxygens (including phenoxy) is 1. The lowest BCUT2D eigenvalue weighted by atomic mass is 10.2. The lowest BCUT2D eigenvalue weighted by molar-refractivity contribution is 0.0730. The normalized spacial score (nSPS) is 16.8. The molecule has 0 saturated carbocycles. The number of nitrogens with one attached hydrogen (secondary N) is 1. The second kappa shape index (κ2) is 8.15. The summed E-state index contributed by atoms with van der Waals surface area (Å²) in [4.78, 5) is 12.2. The molecule has 27 heavy (non-hydrogen) atoms. The highest BCUT2D eigenvalue weighted by Crippen LogP contribution is 2.22. The minimum absolute atomic E-state index is 0.00229. The Morgan fingerprint density at radius 1 is 1.22 bits per heavy atom. The fourth-order valence-electron chi connectivity index (χ4n) is 2.52. The number of sulfonamides is 1. The van der Waals surface area contributed by atoms with Crippen LogP contribution in [0.2, 0.25) is 0 Å². The monoisotopic (exact) mass is 394 g/mol. The van der Waals surface area contributed by atoms with Gasteiger partial charge in [0.15, 0.2) is 0 Å². The van der Waals surface area contributed by atoms with Gasteiger partial charge in [0.1, 0.15) is 0 Å². The third-order valence-corrected chi connectivity index (χ3v) is 6.23. The highest BCUT2D eigenvalue weighted by Gasteiger charge is 2.26. The van der Waals surface area contributed by atoms with Crippen molar-refractivity contribution in [2.24, 2.45) is 0 Å². The van der Waals surface area contributed by atoms with Gasteiger partial charge in [-0.25, -0.2) is 8.42 Å². The molecule has 2 heterocycles. The molecule has 1 N–H and O–H groups in total. The zero-order chi connectivity index (χ0) is 19.4. The van der Waals surface area contributed by atoms with Crippen LogP contribution in [0.1, 0.15) is 31.0 Å². The van der Waals surface area contributed by atoms with E-state index in [0.717, 1.165) is 6.42 Å². The van der Waals surface area contributed by atoms with Crippen molar-refractivity contribution in [2.75, 3.05) is 26.3 Å². The molecule has 0 radical (unpaired) electrons. The van der Waals surface area contributed by atoms with Gasteiger partial charge < -0.3 is 14.5 Å². The molecule has 1 aliphatic rings. The molecule has 1 aliphatic heterocycles. The Balaban J connectivity index is 1.75. The lowest BCUT2D eigenvalue weighted by Gasteiger charge is -2.26. The Labute approximate surface area is 157 Å². The molecule has 1 saturated heterocycles. The number of morpholine rings is 1. The number of hydrogen-bond donors (Lipinski definition) is 1. The molecular formula is C17H22N4O5S. The van der Waals surface area contributed by atoms with Crippen LogP contribution >= 0.6 is 0 Å². The van der Waals surface area contributed by atoms with Crippen LogP contribution in [0.15, 0.2) is 33.6 Å². The first-order chi connectivity index (χ1) is 12.9. The summed E-state index contributed by atoms with van der Waals surface area (Å²) in [5, 5.41) is 10.4. The van der Waals surface area contributed by atoms with Crippen molar-refractivity contribution in [2.45, 2.75) is 31.2 Å². The van der Waals surface area contributed by atoms with Gasteiger partial charge in [0.25, 0.3) is 0 Å². The summed E-state index contributed by atoms with van der Waals surface area (Å²) >= 11 is 0. The molecule has 0 bridgehead atoms. The van der Waals surface area contributed by atoms with E-state index in [-0.39, 0.29) is 22.7 Å². The summed E-state index contributed by atoms with van der Waals surface area (Å²) in [5.41, 5.74) is 0.533. The Hall–Kier alpha value is -2.30. The molecule has 1 amide bonds. The molecule has 1 aromatic carbocycles. The first-order valence-corrected chi connectivity index (χ1v) is 10.2. The average molecular weight is 394 g/mol. The van der Waals surface area contributed by atoms with Crippen LogP contribution in [0.3, 0.4) is 0 Å². The summed E-state index contributed by atoms with van der Waals surface area (Å²) in [6.07, 6.45) is 0.784. The smallest absolute Gasteiger partial charge is 0.309 e.